The number of alkyl halides is 6. The molecular weight excluding hydrogens is 426 g/mol. The van der Waals surface area contributed by atoms with Gasteiger partial charge in [-0.3, -0.25) is 4.99 Å². The van der Waals surface area contributed by atoms with Gasteiger partial charge >= 0.3 is 12.4 Å². The Hall–Kier alpha value is -3.22. The van der Waals surface area contributed by atoms with Gasteiger partial charge in [0.1, 0.15) is 11.5 Å². The number of hydrogen-bond acceptors (Lipinski definition) is 4. The molecule has 164 valence electrons. The van der Waals surface area contributed by atoms with Gasteiger partial charge in [-0.05, 0) is 43.3 Å². The van der Waals surface area contributed by atoms with Gasteiger partial charge in [-0.2, -0.15) is 31.6 Å². The van der Waals surface area contributed by atoms with Crippen LogP contribution in [0.25, 0.3) is 0 Å². The van der Waals surface area contributed by atoms with Gasteiger partial charge in [-0.1, -0.05) is 0 Å². The van der Waals surface area contributed by atoms with E-state index in [0.717, 1.165) is 18.2 Å². The molecule has 1 atom stereocenters. The summed E-state index contributed by atoms with van der Waals surface area (Å²) in [4.78, 5) is 3.81. The van der Waals surface area contributed by atoms with Crippen LogP contribution in [0.5, 0.6) is 11.5 Å². The molecular formula is C21H16F6N2O2. The summed E-state index contributed by atoms with van der Waals surface area (Å²) < 4.78 is 89.6. The van der Waals surface area contributed by atoms with Crippen LogP contribution in [-0.2, 0) is 12.4 Å². The molecule has 0 saturated heterocycles. The molecule has 10 heteroatoms. The van der Waals surface area contributed by atoms with Gasteiger partial charge in [0.15, 0.2) is 0 Å². The predicted molar refractivity (Wildman–Crippen MR) is 99.2 cm³/mol. The number of rotatable bonds is 7. The molecule has 0 aliphatic carbocycles. The van der Waals surface area contributed by atoms with E-state index in [1.807, 2.05) is 0 Å². The Morgan fingerprint density at radius 2 is 1.61 bits per heavy atom. The Morgan fingerprint density at radius 1 is 1.00 bits per heavy atom. The van der Waals surface area contributed by atoms with Crippen molar-refractivity contribution in [1.82, 2.24) is 0 Å². The molecule has 3 rings (SSSR count). The number of nitrogens with zero attached hydrogens (tertiary/aromatic N) is 2. The zero-order chi connectivity index (χ0) is 22.8. The molecule has 1 aliphatic rings. The zero-order valence-corrected chi connectivity index (χ0v) is 16.1. The molecule has 0 amide bonds. The van der Waals surface area contributed by atoms with Crippen molar-refractivity contribution in [2.75, 3.05) is 13.2 Å². The van der Waals surface area contributed by atoms with Crippen molar-refractivity contribution in [2.24, 2.45) is 4.99 Å². The largest absolute Gasteiger partial charge is 0.493 e. The fraction of sp³-hybridized carbons (Fsp3) is 0.333. The van der Waals surface area contributed by atoms with Gasteiger partial charge in [0.05, 0.1) is 47.7 Å². The number of nitriles is 1. The van der Waals surface area contributed by atoms with Gasteiger partial charge in [0.25, 0.3) is 0 Å². The summed E-state index contributed by atoms with van der Waals surface area (Å²) in [5.41, 5.74) is -2.03. The average Bonchev–Trinajstić information content (AvgIpc) is 3.51. The molecule has 0 unspecified atom stereocenters. The molecule has 0 bridgehead atoms. The molecule has 1 aliphatic heterocycles. The topological polar surface area (TPSA) is 54.6 Å². The summed E-state index contributed by atoms with van der Waals surface area (Å²) in [5.74, 6) is -0.0602. The smallest absolute Gasteiger partial charge is 0.417 e. The fourth-order valence-electron chi connectivity index (χ4n) is 2.87. The first-order valence-corrected chi connectivity index (χ1v) is 9.15. The van der Waals surface area contributed by atoms with Crippen LogP contribution >= 0.6 is 0 Å². The quantitative estimate of drug-likeness (QED) is 0.522. The first-order chi connectivity index (χ1) is 14.5. The number of aliphatic imine (C=N–C) groups is 1. The first-order valence-electron chi connectivity index (χ1n) is 9.15. The maximum atomic E-state index is 13.3. The first kappa shape index (κ1) is 22.5. The number of hydrogen-bond donors (Lipinski definition) is 0. The Labute approximate surface area is 173 Å². The van der Waals surface area contributed by atoms with E-state index in [-0.39, 0.29) is 36.6 Å². The van der Waals surface area contributed by atoms with E-state index >= 15 is 0 Å². The molecule has 2 aromatic carbocycles. The lowest BCUT2D eigenvalue weighted by Gasteiger charge is -2.18. The van der Waals surface area contributed by atoms with Crippen molar-refractivity contribution in [3.05, 3.63) is 58.7 Å². The summed E-state index contributed by atoms with van der Waals surface area (Å²) in [5, 5.41) is 8.80. The van der Waals surface area contributed by atoms with Crippen molar-refractivity contribution in [3.63, 3.8) is 0 Å². The highest BCUT2D eigenvalue weighted by Crippen LogP contribution is 2.37. The highest BCUT2D eigenvalue weighted by Gasteiger charge is 2.36. The fourth-order valence-corrected chi connectivity index (χ4v) is 2.87. The third-order valence-electron chi connectivity index (χ3n) is 4.47. The highest BCUT2D eigenvalue weighted by atomic mass is 19.4. The summed E-state index contributed by atoms with van der Waals surface area (Å²) in [6, 6.07) is 8.10. The van der Waals surface area contributed by atoms with E-state index < -0.39 is 35.1 Å². The van der Waals surface area contributed by atoms with Crippen molar-refractivity contribution in [2.45, 2.75) is 31.8 Å². The summed E-state index contributed by atoms with van der Waals surface area (Å²) in [6.07, 6.45) is -9.62. The van der Waals surface area contributed by atoms with Gasteiger partial charge in [-0.25, -0.2) is 0 Å². The van der Waals surface area contributed by atoms with Gasteiger partial charge in [0.2, 0.25) is 0 Å². The molecule has 0 fully saturated rings. The number of ether oxygens (including phenoxy) is 2. The minimum atomic E-state index is -4.70. The van der Waals surface area contributed by atoms with Crippen LogP contribution in [0.2, 0.25) is 0 Å². The minimum Gasteiger partial charge on any atom is -0.493 e. The van der Waals surface area contributed by atoms with Crippen molar-refractivity contribution < 1.29 is 35.8 Å². The summed E-state index contributed by atoms with van der Waals surface area (Å²) >= 11 is 0. The van der Waals surface area contributed by atoms with E-state index in [1.54, 1.807) is 6.92 Å². The van der Waals surface area contributed by atoms with E-state index in [0.29, 0.717) is 5.71 Å². The lowest BCUT2D eigenvalue weighted by Crippen LogP contribution is -2.17. The normalized spacial score (nSPS) is 14.5. The van der Waals surface area contributed by atoms with Crippen LogP contribution in [0.15, 0.2) is 41.4 Å². The molecule has 0 aromatic heterocycles. The molecule has 0 saturated carbocycles. The standard InChI is InChI=1S/C21H16F6N2O2/c1-12(6-7-30-14-3-2-13(10-28)17(8-14)20(22,23)24)31-15-4-5-16(19-11-29-19)18(9-15)21(25,26)27/h2-5,8-9,12H,6-7,11H2,1H3/t12-/m1/s1. The van der Waals surface area contributed by atoms with Gasteiger partial charge < -0.3 is 9.47 Å². The van der Waals surface area contributed by atoms with Crippen molar-refractivity contribution in [1.29, 1.82) is 5.26 Å². The lowest BCUT2D eigenvalue weighted by atomic mass is 10.0. The molecule has 0 radical (unpaired) electrons. The van der Waals surface area contributed by atoms with Crippen LogP contribution in [0.3, 0.4) is 0 Å². The zero-order valence-electron chi connectivity index (χ0n) is 16.1. The van der Waals surface area contributed by atoms with Crippen LogP contribution < -0.4 is 9.47 Å². The second kappa shape index (κ2) is 8.49. The van der Waals surface area contributed by atoms with Crippen molar-refractivity contribution >= 4 is 5.71 Å². The van der Waals surface area contributed by atoms with Gasteiger partial charge in [-0.15, -0.1) is 0 Å². The lowest BCUT2D eigenvalue weighted by molar-refractivity contribution is -0.138. The monoisotopic (exact) mass is 442 g/mol. The molecule has 0 N–H and O–H groups in total. The van der Waals surface area contributed by atoms with Crippen LogP contribution in [0.4, 0.5) is 26.3 Å². The minimum absolute atomic E-state index is 0.0163. The Kier molecular flexibility index (Phi) is 6.15. The van der Waals surface area contributed by atoms with E-state index in [4.69, 9.17) is 14.7 Å². The Bertz CT molecular complexity index is 1040. The summed E-state index contributed by atoms with van der Waals surface area (Å²) in [7, 11) is 0. The highest BCUT2D eigenvalue weighted by molar-refractivity contribution is 6.11. The van der Waals surface area contributed by atoms with Crippen molar-refractivity contribution in [3.8, 4) is 17.6 Å². The Morgan fingerprint density at radius 3 is 2.19 bits per heavy atom. The average molecular weight is 442 g/mol. The number of halogens is 6. The maximum absolute atomic E-state index is 13.3. The van der Waals surface area contributed by atoms with Crippen LogP contribution in [0.1, 0.15) is 35.6 Å². The van der Waals surface area contributed by atoms with E-state index in [1.165, 1.54) is 24.3 Å². The predicted octanol–water partition coefficient (Wildman–Crippen LogP) is 5.63. The molecule has 31 heavy (non-hydrogen) atoms. The van der Waals surface area contributed by atoms with Crippen LogP contribution in [-0.4, -0.2) is 25.0 Å². The number of benzene rings is 2. The Balaban J connectivity index is 1.61. The second-order valence-electron chi connectivity index (χ2n) is 6.85. The molecule has 0 spiro atoms. The third-order valence-corrected chi connectivity index (χ3v) is 4.47. The van der Waals surface area contributed by atoms with Gasteiger partial charge in [0, 0.05) is 12.0 Å². The van der Waals surface area contributed by atoms with E-state index in [9.17, 15) is 26.3 Å². The molecule has 1 heterocycles. The SMILES string of the molecule is C[C@H](CCOc1ccc(C#N)c(C(F)(F)F)c1)Oc1ccc(C2=NC2)c(C(F)(F)F)c1. The molecule has 2 aromatic rings. The second-order valence-corrected chi connectivity index (χ2v) is 6.85. The summed E-state index contributed by atoms with van der Waals surface area (Å²) in [6.45, 7) is 1.85. The van der Waals surface area contributed by atoms with Crippen LogP contribution in [0, 0.1) is 11.3 Å². The van der Waals surface area contributed by atoms with E-state index in [2.05, 4.69) is 4.99 Å². The maximum Gasteiger partial charge on any atom is 0.417 e. The molecule has 4 nitrogen and oxygen atoms in total. The third kappa shape index (κ3) is 5.69.